The molecule has 0 radical (unpaired) electrons. The van der Waals surface area contributed by atoms with Gasteiger partial charge in [-0.1, -0.05) is 49.6 Å². The molecule has 2 amide bonds. The molecule has 1 heterocycles. The van der Waals surface area contributed by atoms with Crippen molar-refractivity contribution in [1.82, 2.24) is 5.32 Å². The van der Waals surface area contributed by atoms with Gasteiger partial charge in [-0.15, -0.1) is 0 Å². The van der Waals surface area contributed by atoms with E-state index in [4.69, 9.17) is 4.42 Å². The average molecular weight is 423 g/mol. The van der Waals surface area contributed by atoms with Crippen molar-refractivity contribution in [2.24, 2.45) is 0 Å². The number of benzene rings is 2. The molecule has 0 aliphatic heterocycles. The molecule has 0 bridgehead atoms. The highest BCUT2D eigenvalue weighted by molar-refractivity contribution is 7.99. The van der Waals surface area contributed by atoms with E-state index < -0.39 is 0 Å². The van der Waals surface area contributed by atoms with Crippen LogP contribution in [0.3, 0.4) is 0 Å². The minimum absolute atomic E-state index is 0.247. The van der Waals surface area contributed by atoms with Gasteiger partial charge in [0.1, 0.15) is 5.58 Å². The summed E-state index contributed by atoms with van der Waals surface area (Å²) in [7, 11) is 1.57. The second-order valence-corrected chi connectivity index (χ2v) is 8.84. The Morgan fingerprint density at radius 2 is 1.73 bits per heavy atom. The third-order valence-electron chi connectivity index (χ3n) is 5.57. The van der Waals surface area contributed by atoms with Crippen LogP contribution in [0.5, 0.6) is 0 Å². The van der Waals surface area contributed by atoms with Crippen LogP contribution in [0.1, 0.15) is 58.6 Å². The van der Waals surface area contributed by atoms with E-state index in [2.05, 4.69) is 10.6 Å². The van der Waals surface area contributed by atoms with Crippen LogP contribution in [-0.2, 0) is 5.75 Å². The van der Waals surface area contributed by atoms with Crippen molar-refractivity contribution >= 4 is 40.2 Å². The molecule has 5 nitrogen and oxygen atoms in total. The molecule has 156 valence electrons. The smallest absolute Gasteiger partial charge is 0.291 e. The van der Waals surface area contributed by atoms with E-state index in [1.54, 1.807) is 31.3 Å². The molecule has 1 saturated carbocycles. The van der Waals surface area contributed by atoms with Crippen LogP contribution in [0, 0.1) is 0 Å². The molecule has 0 saturated heterocycles. The Kier molecular flexibility index (Phi) is 6.43. The van der Waals surface area contributed by atoms with E-state index in [9.17, 15) is 9.59 Å². The number of carbonyl (C=O) groups is 2. The molecule has 3 aromatic rings. The summed E-state index contributed by atoms with van der Waals surface area (Å²) < 4.78 is 5.97. The van der Waals surface area contributed by atoms with E-state index in [1.807, 2.05) is 36.0 Å². The fraction of sp³-hybridized carbons (Fsp3) is 0.333. The third-order valence-corrected chi connectivity index (χ3v) is 6.97. The highest BCUT2D eigenvalue weighted by Gasteiger charge is 2.23. The maximum Gasteiger partial charge on any atom is 0.291 e. The van der Waals surface area contributed by atoms with Crippen LogP contribution >= 0.6 is 11.8 Å². The number of anilines is 1. The molecule has 0 unspecified atom stereocenters. The lowest BCUT2D eigenvalue weighted by Crippen LogP contribution is -2.21. The van der Waals surface area contributed by atoms with Crippen LogP contribution < -0.4 is 10.6 Å². The van der Waals surface area contributed by atoms with Crippen molar-refractivity contribution < 1.29 is 14.0 Å². The van der Waals surface area contributed by atoms with Crippen molar-refractivity contribution in [3.8, 4) is 0 Å². The zero-order valence-electron chi connectivity index (χ0n) is 17.1. The van der Waals surface area contributed by atoms with Crippen LogP contribution in [0.4, 0.5) is 5.69 Å². The van der Waals surface area contributed by atoms with Crippen LogP contribution in [0.25, 0.3) is 11.0 Å². The van der Waals surface area contributed by atoms with E-state index in [-0.39, 0.29) is 11.8 Å². The van der Waals surface area contributed by atoms with Gasteiger partial charge in [-0.25, -0.2) is 0 Å². The number of para-hydroxylation sites is 2. The number of fused-ring (bicyclic) bond motifs is 1. The lowest BCUT2D eigenvalue weighted by molar-refractivity contribution is 0.0964. The van der Waals surface area contributed by atoms with E-state index >= 15 is 0 Å². The minimum atomic E-state index is -0.332. The van der Waals surface area contributed by atoms with Gasteiger partial charge in [-0.3, -0.25) is 9.59 Å². The molecule has 1 fully saturated rings. The highest BCUT2D eigenvalue weighted by atomic mass is 32.2. The summed E-state index contributed by atoms with van der Waals surface area (Å²) in [4.78, 5) is 25.3. The normalized spacial score (nSPS) is 14.6. The fourth-order valence-corrected chi connectivity index (χ4v) is 5.32. The first kappa shape index (κ1) is 20.5. The first-order valence-electron chi connectivity index (χ1n) is 10.4. The number of hydrogen-bond donors (Lipinski definition) is 2. The largest absolute Gasteiger partial charge is 0.451 e. The topological polar surface area (TPSA) is 71.3 Å². The lowest BCUT2D eigenvalue weighted by atomic mass is 10.0. The van der Waals surface area contributed by atoms with Crippen molar-refractivity contribution in [2.45, 2.75) is 43.1 Å². The average Bonchev–Trinajstić information content (AvgIpc) is 3.17. The summed E-state index contributed by atoms with van der Waals surface area (Å²) in [6.45, 7) is 0. The maximum absolute atomic E-state index is 13.2. The fourth-order valence-electron chi connectivity index (χ4n) is 3.96. The lowest BCUT2D eigenvalue weighted by Gasteiger charge is -2.20. The van der Waals surface area contributed by atoms with Crippen molar-refractivity contribution in [2.75, 3.05) is 12.4 Å². The molecule has 0 atom stereocenters. The number of carbonyl (C=O) groups excluding carboxylic acids is 2. The summed E-state index contributed by atoms with van der Waals surface area (Å²) >= 11 is 1.92. The number of furan rings is 1. The molecule has 2 N–H and O–H groups in total. The van der Waals surface area contributed by atoms with Crippen LogP contribution in [0.15, 0.2) is 52.9 Å². The molecule has 1 aromatic heterocycles. The highest BCUT2D eigenvalue weighted by Crippen LogP contribution is 2.35. The molecular weight excluding hydrogens is 396 g/mol. The number of thioether (sulfide) groups is 1. The van der Waals surface area contributed by atoms with Crippen molar-refractivity contribution in [3.63, 3.8) is 0 Å². The first-order chi connectivity index (χ1) is 14.7. The van der Waals surface area contributed by atoms with Gasteiger partial charge in [0.05, 0.1) is 11.3 Å². The number of rotatable bonds is 6. The molecule has 0 spiro atoms. The summed E-state index contributed by atoms with van der Waals surface area (Å²) in [6.07, 6.45) is 6.37. The minimum Gasteiger partial charge on any atom is -0.451 e. The van der Waals surface area contributed by atoms with Gasteiger partial charge in [-0.05, 0) is 31.0 Å². The van der Waals surface area contributed by atoms with Crippen LogP contribution in [-0.4, -0.2) is 24.1 Å². The molecule has 1 aliphatic carbocycles. The zero-order valence-corrected chi connectivity index (χ0v) is 17.9. The summed E-state index contributed by atoms with van der Waals surface area (Å²) in [5.74, 6) is 0.484. The summed E-state index contributed by atoms with van der Waals surface area (Å²) in [6, 6.07) is 14.7. The Morgan fingerprint density at radius 1 is 1.00 bits per heavy atom. The van der Waals surface area contributed by atoms with Gasteiger partial charge >= 0.3 is 0 Å². The second-order valence-electron chi connectivity index (χ2n) is 7.56. The molecule has 30 heavy (non-hydrogen) atoms. The predicted octanol–water partition coefficient (Wildman–Crippen LogP) is 5.61. The van der Waals surface area contributed by atoms with E-state index in [0.29, 0.717) is 27.8 Å². The van der Waals surface area contributed by atoms with Crippen molar-refractivity contribution in [3.05, 3.63) is 65.4 Å². The van der Waals surface area contributed by atoms with E-state index in [1.165, 1.54) is 32.1 Å². The van der Waals surface area contributed by atoms with Gasteiger partial charge in [0, 0.05) is 29.0 Å². The summed E-state index contributed by atoms with van der Waals surface area (Å²) in [5.41, 5.74) is 2.52. The van der Waals surface area contributed by atoms with Crippen molar-refractivity contribution in [1.29, 1.82) is 0 Å². The molecular formula is C24H26N2O3S. The number of nitrogens with one attached hydrogen (secondary N) is 2. The van der Waals surface area contributed by atoms with Gasteiger partial charge in [0.15, 0.2) is 5.76 Å². The number of hydrogen-bond acceptors (Lipinski definition) is 4. The third kappa shape index (κ3) is 4.38. The molecule has 4 rings (SSSR count). The quantitative estimate of drug-likeness (QED) is 0.542. The SMILES string of the molecule is CNC(=O)c1ccccc1NC(=O)c1oc2ccccc2c1CSC1CCCCC1. The second kappa shape index (κ2) is 9.39. The molecule has 2 aromatic carbocycles. The monoisotopic (exact) mass is 422 g/mol. The first-order valence-corrected chi connectivity index (χ1v) is 11.5. The predicted molar refractivity (Wildman–Crippen MR) is 122 cm³/mol. The van der Waals surface area contributed by atoms with Gasteiger partial charge in [-0.2, -0.15) is 11.8 Å². The molecule has 1 aliphatic rings. The van der Waals surface area contributed by atoms with Gasteiger partial charge in [0.25, 0.3) is 11.8 Å². The molecule has 6 heteroatoms. The zero-order chi connectivity index (χ0) is 20.9. The Labute approximate surface area is 180 Å². The standard InChI is InChI=1S/C24H26N2O3S/c1-25-23(27)18-12-5-7-13-20(18)26-24(28)22-19(15-30-16-9-3-2-4-10-16)17-11-6-8-14-21(17)29-22/h5-8,11-14,16H,2-4,9-10,15H2,1H3,(H,25,27)(H,26,28). The Bertz CT molecular complexity index is 1050. The Hall–Kier alpha value is -2.73. The van der Waals surface area contributed by atoms with Crippen LogP contribution in [0.2, 0.25) is 0 Å². The van der Waals surface area contributed by atoms with Gasteiger partial charge < -0.3 is 15.1 Å². The maximum atomic E-state index is 13.2. The number of amides is 2. The summed E-state index contributed by atoms with van der Waals surface area (Å²) in [5, 5.41) is 7.10. The Morgan fingerprint density at radius 3 is 2.53 bits per heavy atom. The Balaban J connectivity index is 1.61. The van der Waals surface area contributed by atoms with Gasteiger partial charge in [0.2, 0.25) is 0 Å². The van der Waals surface area contributed by atoms with E-state index in [0.717, 1.165) is 16.7 Å².